The van der Waals surface area contributed by atoms with E-state index in [1.807, 2.05) is 35.7 Å². The Morgan fingerprint density at radius 2 is 1.96 bits per heavy atom. The van der Waals surface area contributed by atoms with Gasteiger partial charge in [-0.15, -0.1) is 11.3 Å². The number of ether oxygens (including phenoxy) is 1. The van der Waals surface area contributed by atoms with Crippen LogP contribution in [0.2, 0.25) is 0 Å². The zero-order valence-corrected chi connectivity index (χ0v) is 13.8. The molecule has 1 heterocycles. The van der Waals surface area contributed by atoms with E-state index < -0.39 is 6.04 Å². The maximum absolute atomic E-state index is 11.9. The van der Waals surface area contributed by atoms with Crippen LogP contribution in [0, 0.1) is 0 Å². The molecule has 2 N–H and O–H groups in total. The lowest BCUT2D eigenvalue weighted by Crippen LogP contribution is -2.45. The molecule has 2 rings (SSSR count). The fourth-order valence-electron chi connectivity index (χ4n) is 1.88. The molecule has 23 heavy (non-hydrogen) atoms. The van der Waals surface area contributed by atoms with Gasteiger partial charge in [0.25, 0.3) is 5.91 Å². The number of rotatable bonds is 8. The summed E-state index contributed by atoms with van der Waals surface area (Å²) in [5.41, 5.74) is 0. The van der Waals surface area contributed by atoms with Gasteiger partial charge in [-0.1, -0.05) is 24.3 Å². The van der Waals surface area contributed by atoms with E-state index in [4.69, 9.17) is 4.74 Å². The zero-order valence-electron chi connectivity index (χ0n) is 13.0. The summed E-state index contributed by atoms with van der Waals surface area (Å²) >= 11 is 1.35. The fraction of sp³-hybridized carbons (Fsp3) is 0.294. The Balaban J connectivity index is 1.61. The van der Waals surface area contributed by atoms with Crippen molar-refractivity contribution in [3.8, 4) is 5.75 Å². The standard InChI is InChI=1S/C17H20N2O3S/c1-13(19-17(21)15-9-5-12-23-15)16(20)18-10-6-11-22-14-7-3-2-4-8-14/h2-5,7-9,12-13H,6,10-11H2,1H3,(H,18,20)(H,19,21). The van der Waals surface area contributed by atoms with E-state index in [9.17, 15) is 9.59 Å². The third-order valence-electron chi connectivity index (χ3n) is 3.12. The lowest BCUT2D eigenvalue weighted by atomic mass is 10.3. The van der Waals surface area contributed by atoms with Crippen LogP contribution in [-0.4, -0.2) is 31.0 Å². The van der Waals surface area contributed by atoms with Gasteiger partial charge in [0.1, 0.15) is 11.8 Å². The summed E-state index contributed by atoms with van der Waals surface area (Å²) in [6.45, 7) is 2.70. The molecule has 2 aromatic rings. The monoisotopic (exact) mass is 332 g/mol. The van der Waals surface area contributed by atoms with E-state index in [0.29, 0.717) is 24.4 Å². The highest BCUT2D eigenvalue weighted by Crippen LogP contribution is 2.09. The second-order valence-corrected chi connectivity index (χ2v) is 5.93. The van der Waals surface area contributed by atoms with E-state index >= 15 is 0 Å². The molecule has 0 saturated heterocycles. The van der Waals surface area contributed by atoms with Crippen molar-refractivity contribution in [3.63, 3.8) is 0 Å². The third-order valence-corrected chi connectivity index (χ3v) is 3.99. The maximum Gasteiger partial charge on any atom is 0.261 e. The number of carbonyl (C=O) groups excluding carboxylic acids is 2. The van der Waals surface area contributed by atoms with Gasteiger partial charge in [0.05, 0.1) is 11.5 Å². The van der Waals surface area contributed by atoms with Crippen molar-refractivity contribution < 1.29 is 14.3 Å². The summed E-state index contributed by atoms with van der Waals surface area (Å²) in [7, 11) is 0. The number of hydrogen-bond acceptors (Lipinski definition) is 4. The predicted molar refractivity (Wildman–Crippen MR) is 90.8 cm³/mol. The van der Waals surface area contributed by atoms with Crippen LogP contribution in [0.5, 0.6) is 5.75 Å². The first kappa shape index (κ1) is 17.0. The molecule has 0 aliphatic carbocycles. The average molecular weight is 332 g/mol. The Hall–Kier alpha value is -2.34. The summed E-state index contributed by atoms with van der Waals surface area (Å²) in [5, 5.41) is 7.29. The highest BCUT2D eigenvalue weighted by Gasteiger charge is 2.16. The molecule has 0 spiro atoms. The highest BCUT2D eigenvalue weighted by atomic mass is 32.1. The summed E-state index contributed by atoms with van der Waals surface area (Å²) in [4.78, 5) is 24.4. The third kappa shape index (κ3) is 5.75. The first-order chi connectivity index (χ1) is 11.2. The number of carbonyl (C=O) groups is 2. The summed E-state index contributed by atoms with van der Waals surface area (Å²) in [5.74, 6) is 0.389. The van der Waals surface area contributed by atoms with Gasteiger partial charge in [-0.25, -0.2) is 0 Å². The van der Waals surface area contributed by atoms with Gasteiger partial charge in [-0.05, 0) is 36.9 Å². The van der Waals surface area contributed by atoms with Crippen LogP contribution in [0.1, 0.15) is 23.0 Å². The van der Waals surface area contributed by atoms with Crippen molar-refractivity contribution in [2.75, 3.05) is 13.2 Å². The molecule has 0 aliphatic rings. The SMILES string of the molecule is CC(NC(=O)c1cccs1)C(=O)NCCCOc1ccccc1. The molecule has 5 nitrogen and oxygen atoms in total. The van der Waals surface area contributed by atoms with E-state index in [2.05, 4.69) is 10.6 Å². The van der Waals surface area contributed by atoms with Crippen molar-refractivity contribution in [1.82, 2.24) is 10.6 Å². The van der Waals surface area contributed by atoms with Crippen LogP contribution >= 0.6 is 11.3 Å². The normalized spacial score (nSPS) is 11.5. The summed E-state index contributed by atoms with van der Waals surface area (Å²) in [6.07, 6.45) is 0.701. The lowest BCUT2D eigenvalue weighted by molar-refractivity contribution is -0.122. The molecule has 0 fully saturated rings. The zero-order chi connectivity index (χ0) is 16.5. The molecule has 1 aromatic heterocycles. The second kappa shape index (κ2) is 8.95. The number of hydrogen-bond donors (Lipinski definition) is 2. The Labute approximate surface area is 139 Å². The van der Waals surface area contributed by atoms with Crippen LogP contribution in [0.4, 0.5) is 0 Å². The molecule has 0 radical (unpaired) electrons. The predicted octanol–water partition coefficient (Wildman–Crippen LogP) is 2.45. The van der Waals surface area contributed by atoms with Gasteiger partial charge in [0.15, 0.2) is 0 Å². The van der Waals surface area contributed by atoms with E-state index in [-0.39, 0.29) is 11.8 Å². The van der Waals surface area contributed by atoms with E-state index in [1.165, 1.54) is 11.3 Å². The molecular weight excluding hydrogens is 312 g/mol. The van der Waals surface area contributed by atoms with Gasteiger partial charge in [-0.3, -0.25) is 9.59 Å². The molecule has 0 saturated carbocycles. The first-order valence-electron chi connectivity index (χ1n) is 7.47. The van der Waals surface area contributed by atoms with Gasteiger partial charge in [0.2, 0.25) is 5.91 Å². The van der Waals surface area contributed by atoms with Crippen molar-refractivity contribution in [2.24, 2.45) is 0 Å². The molecule has 0 aliphatic heterocycles. The lowest BCUT2D eigenvalue weighted by Gasteiger charge is -2.13. The molecule has 1 atom stereocenters. The minimum Gasteiger partial charge on any atom is -0.494 e. The Bertz CT molecular complexity index is 614. The van der Waals surface area contributed by atoms with Crippen LogP contribution in [0.15, 0.2) is 47.8 Å². The number of para-hydroxylation sites is 1. The van der Waals surface area contributed by atoms with Crippen molar-refractivity contribution in [3.05, 3.63) is 52.7 Å². The highest BCUT2D eigenvalue weighted by molar-refractivity contribution is 7.12. The Morgan fingerprint density at radius 3 is 2.65 bits per heavy atom. The average Bonchev–Trinajstić information content (AvgIpc) is 3.10. The molecular formula is C17H20N2O3S. The van der Waals surface area contributed by atoms with Crippen LogP contribution < -0.4 is 15.4 Å². The second-order valence-electron chi connectivity index (χ2n) is 4.98. The minimum absolute atomic E-state index is 0.199. The first-order valence-corrected chi connectivity index (χ1v) is 8.34. The van der Waals surface area contributed by atoms with E-state index in [1.54, 1.807) is 19.1 Å². The quantitative estimate of drug-likeness (QED) is 0.730. The topological polar surface area (TPSA) is 67.4 Å². The van der Waals surface area contributed by atoms with Gasteiger partial charge in [-0.2, -0.15) is 0 Å². The van der Waals surface area contributed by atoms with Crippen LogP contribution in [0.25, 0.3) is 0 Å². The number of nitrogens with one attached hydrogen (secondary N) is 2. The van der Waals surface area contributed by atoms with Crippen molar-refractivity contribution in [2.45, 2.75) is 19.4 Å². The summed E-state index contributed by atoms with van der Waals surface area (Å²) < 4.78 is 5.54. The van der Waals surface area contributed by atoms with Gasteiger partial charge in [0, 0.05) is 6.54 Å². The minimum atomic E-state index is -0.570. The van der Waals surface area contributed by atoms with Gasteiger partial charge < -0.3 is 15.4 Å². The number of amides is 2. The largest absolute Gasteiger partial charge is 0.494 e. The number of thiophene rings is 1. The van der Waals surface area contributed by atoms with Gasteiger partial charge >= 0.3 is 0 Å². The maximum atomic E-state index is 11.9. The number of benzene rings is 1. The van der Waals surface area contributed by atoms with Crippen LogP contribution in [-0.2, 0) is 4.79 Å². The molecule has 122 valence electrons. The molecule has 0 bridgehead atoms. The molecule has 1 unspecified atom stereocenters. The Kier molecular flexibility index (Phi) is 6.62. The van der Waals surface area contributed by atoms with Crippen molar-refractivity contribution in [1.29, 1.82) is 0 Å². The van der Waals surface area contributed by atoms with Crippen molar-refractivity contribution >= 4 is 23.2 Å². The van der Waals surface area contributed by atoms with Crippen LogP contribution in [0.3, 0.4) is 0 Å². The molecule has 2 amide bonds. The molecule has 6 heteroatoms. The smallest absolute Gasteiger partial charge is 0.261 e. The van der Waals surface area contributed by atoms with E-state index in [0.717, 1.165) is 5.75 Å². The fourth-order valence-corrected chi connectivity index (χ4v) is 2.51. The molecule has 1 aromatic carbocycles. The Morgan fingerprint density at radius 1 is 1.17 bits per heavy atom. The summed E-state index contributed by atoms with van der Waals surface area (Å²) in [6, 6.07) is 12.5.